The molecule has 2 aromatic rings. The number of carboxylic acids is 1. The van der Waals surface area contributed by atoms with Crippen molar-refractivity contribution in [2.45, 2.75) is 12.5 Å². The SMILES string of the molecule is O=C(O)c1c(C(F)(F)F)nc2ccc(OC(F)(F)F)cc2c1Br. The number of alkyl halides is 6. The van der Waals surface area contributed by atoms with Crippen LogP contribution in [0.1, 0.15) is 16.1 Å². The smallest absolute Gasteiger partial charge is 0.478 e. The van der Waals surface area contributed by atoms with Crippen LogP contribution in [0.2, 0.25) is 0 Å². The van der Waals surface area contributed by atoms with Gasteiger partial charge in [-0.1, -0.05) is 0 Å². The van der Waals surface area contributed by atoms with Crippen LogP contribution < -0.4 is 4.74 Å². The zero-order chi connectivity index (χ0) is 17.6. The van der Waals surface area contributed by atoms with E-state index in [0.29, 0.717) is 0 Å². The average molecular weight is 404 g/mol. The van der Waals surface area contributed by atoms with E-state index in [4.69, 9.17) is 5.11 Å². The molecule has 124 valence electrons. The van der Waals surface area contributed by atoms with Crippen molar-refractivity contribution in [3.8, 4) is 5.75 Å². The number of fused-ring (bicyclic) bond motifs is 1. The first-order valence-electron chi connectivity index (χ1n) is 5.59. The number of carbonyl (C=O) groups is 1. The number of benzene rings is 1. The number of nitrogens with zero attached hydrogens (tertiary/aromatic N) is 1. The number of ether oxygens (including phenoxy) is 1. The molecule has 0 amide bonds. The zero-order valence-electron chi connectivity index (χ0n) is 10.6. The van der Waals surface area contributed by atoms with E-state index in [9.17, 15) is 31.1 Å². The van der Waals surface area contributed by atoms with E-state index in [1.54, 1.807) is 0 Å². The van der Waals surface area contributed by atoms with E-state index in [1.807, 2.05) is 0 Å². The highest BCUT2D eigenvalue weighted by molar-refractivity contribution is 9.10. The van der Waals surface area contributed by atoms with Crippen molar-refractivity contribution < 1.29 is 41.0 Å². The Morgan fingerprint density at radius 1 is 1.17 bits per heavy atom. The second kappa shape index (κ2) is 5.55. The van der Waals surface area contributed by atoms with Crippen LogP contribution in [0.3, 0.4) is 0 Å². The average Bonchev–Trinajstić information content (AvgIpc) is 2.35. The molecule has 0 spiro atoms. The Morgan fingerprint density at radius 3 is 2.26 bits per heavy atom. The molecule has 2 rings (SSSR count). The molecule has 0 unspecified atom stereocenters. The molecule has 0 radical (unpaired) electrons. The number of carboxylic acid groups (broad SMARTS) is 1. The van der Waals surface area contributed by atoms with Crippen LogP contribution in [-0.2, 0) is 6.18 Å². The first-order valence-corrected chi connectivity index (χ1v) is 6.39. The van der Waals surface area contributed by atoms with Gasteiger partial charge in [0.2, 0.25) is 0 Å². The molecular formula is C12H4BrF6NO3. The van der Waals surface area contributed by atoms with Gasteiger partial charge in [-0.2, -0.15) is 13.2 Å². The summed E-state index contributed by atoms with van der Waals surface area (Å²) < 4.78 is 78.3. The standard InChI is InChI=1S/C12H4BrF6NO3/c13-8-5-3-4(23-12(17,18)19)1-2-6(5)20-9(11(14,15)16)7(8)10(21)22/h1-3H,(H,21,22). The predicted octanol–water partition coefficient (Wildman–Crippen LogP) is 4.61. The summed E-state index contributed by atoms with van der Waals surface area (Å²) in [6.07, 6.45) is -10.1. The van der Waals surface area contributed by atoms with Crippen molar-refractivity contribution in [3.63, 3.8) is 0 Å². The first kappa shape index (κ1) is 17.3. The number of pyridine rings is 1. The highest BCUT2D eigenvalue weighted by Crippen LogP contribution is 2.38. The summed E-state index contributed by atoms with van der Waals surface area (Å²) >= 11 is 2.68. The largest absolute Gasteiger partial charge is 0.573 e. The van der Waals surface area contributed by atoms with Crippen molar-refractivity contribution in [2.75, 3.05) is 0 Å². The van der Waals surface area contributed by atoms with Gasteiger partial charge < -0.3 is 9.84 Å². The highest BCUT2D eigenvalue weighted by Gasteiger charge is 2.39. The number of aromatic carboxylic acids is 1. The lowest BCUT2D eigenvalue weighted by Gasteiger charge is -2.14. The maximum absolute atomic E-state index is 12.9. The minimum absolute atomic E-state index is 0.267. The third kappa shape index (κ3) is 3.66. The van der Waals surface area contributed by atoms with Crippen LogP contribution in [0.4, 0.5) is 26.3 Å². The predicted molar refractivity (Wildman–Crippen MR) is 68.1 cm³/mol. The van der Waals surface area contributed by atoms with Gasteiger partial charge in [0.25, 0.3) is 0 Å². The molecule has 0 aliphatic carbocycles. The number of rotatable bonds is 2. The third-order valence-electron chi connectivity index (χ3n) is 2.61. The highest BCUT2D eigenvalue weighted by atomic mass is 79.9. The molecule has 0 saturated heterocycles. The Morgan fingerprint density at radius 2 is 1.78 bits per heavy atom. The van der Waals surface area contributed by atoms with Gasteiger partial charge >= 0.3 is 18.5 Å². The van der Waals surface area contributed by atoms with Crippen LogP contribution >= 0.6 is 15.9 Å². The van der Waals surface area contributed by atoms with Crippen LogP contribution in [-0.4, -0.2) is 22.4 Å². The van der Waals surface area contributed by atoms with Gasteiger partial charge in [0, 0.05) is 9.86 Å². The Balaban J connectivity index is 2.75. The van der Waals surface area contributed by atoms with E-state index in [-0.39, 0.29) is 10.9 Å². The molecule has 0 aliphatic rings. The van der Waals surface area contributed by atoms with Crippen molar-refractivity contribution in [1.82, 2.24) is 4.98 Å². The molecule has 0 saturated carbocycles. The van der Waals surface area contributed by atoms with Crippen LogP contribution in [0.5, 0.6) is 5.75 Å². The Bertz CT molecular complexity index is 787. The molecule has 1 aromatic carbocycles. The summed E-state index contributed by atoms with van der Waals surface area (Å²) in [5.41, 5.74) is -3.20. The van der Waals surface area contributed by atoms with E-state index in [1.165, 1.54) is 0 Å². The summed E-state index contributed by atoms with van der Waals surface area (Å²) in [7, 11) is 0. The Labute approximate surface area is 131 Å². The Kier molecular flexibility index (Phi) is 4.18. The van der Waals surface area contributed by atoms with Gasteiger partial charge in [-0.05, 0) is 34.1 Å². The maximum atomic E-state index is 12.9. The Hall–Kier alpha value is -2.04. The molecule has 0 aliphatic heterocycles. The van der Waals surface area contributed by atoms with Gasteiger partial charge in [-0.15, -0.1) is 13.2 Å². The molecule has 4 nitrogen and oxygen atoms in total. The molecule has 11 heteroatoms. The summed E-state index contributed by atoms with van der Waals surface area (Å²) in [4.78, 5) is 14.3. The molecule has 1 aromatic heterocycles. The van der Waals surface area contributed by atoms with Crippen molar-refractivity contribution in [3.05, 3.63) is 33.9 Å². The van der Waals surface area contributed by atoms with Crippen molar-refractivity contribution >= 4 is 32.8 Å². The summed E-state index contributed by atoms with van der Waals surface area (Å²) in [6, 6.07) is 2.38. The van der Waals surface area contributed by atoms with Gasteiger partial charge in [0.1, 0.15) is 11.3 Å². The third-order valence-corrected chi connectivity index (χ3v) is 3.43. The van der Waals surface area contributed by atoms with E-state index >= 15 is 0 Å². The number of aromatic nitrogens is 1. The molecule has 0 fully saturated rings. The fourth-order valence-corrected chi connectivity index (χ4v) is 2.48. The van der Waals surface area contributed by atoms with Crippen LogP contribution in [0.25, 0.3) is 10.9 Å². The number of hydrogen-bond acceptors (Lipinski definition) is 3. The van der Waals surface area contributed by atoms with Crippen molar-refractivity contribution in [2.24, 2.45) is 0 Å². The summed E-state index contributed by atoms with van der Waals surface area (Å²) in [5, 5.41) is 8.68. The second-order valence-corrected chi connectivity index (χ2v) is 4.97. The van der Waals surface area contributed by atoms with E-state index < -0.39 is 40.0 Å². The number of hydrogen-bond donors (Lipinski definition) is 1. The maximum Gasteiger partial charge on any atom is 0.573 e. The molecular weight excluding hydrogens is 400 g/mol. The lowest BCUT2D eigenvalue weighted by molar-refractivity contribution is -0.274. The molecule has 23 heavy (non-hydrogen) atoms. The van der Waals surface area contributed by atoms with Gasteiger partial charge in [0.05, 0.1) is 5.52 Å². The van der Waals surface area contributed by atoms with Gasteiger partial charge in [0.15, 0.2) is 5.69 Å². The number of halogens is 7. The normalized spacial score (nSPS) is 12.5. The topological polar surface area (TPSA) is 59.4 Å². The van der Waals surface area contributed by atoms with Crippen molar-refractivity contribution in [1.29, 1.82) is 0 Å². The van der Waals surface area contributed by atoms with E-state index in [2.05, 4.69) is 25.7 Å². The molecule has 1 N–H and O–H groups in total. The monoisotopic (exact) mass is 403 g/mol. The summed E-state index contributed by atoms with van der Waals surface area (Å²) in [5.74, 6) is -2.65. The van der Waals surface area contributed by atoms with Crippen LogP contribution in [0, 0.1) is 0 Å². The van der Waals surface area contributed by atoms with E-state index in [0.717, 1.165) is 18.2 Å². The minimum Gasteiger partial charge on any atom is -0.478 e. The quantitative estimate of drug-likeness (QED) is 0.743. The van der Waals surface area contributed by atoms with Gasteiger partial charge in [-0.25, -0.2) is 9.78 Å². The minimum atomic E-state index is -5.05. The van der Waals surface area contributed by atoms with Gasteiger partial charge in [-0.3, -0.25) is 0 Å². The summed E-state index contributed by atoms with van der Waals surface area (Å²) in [6.45, 7) is 0. The van der Waals surface area contributed by atoms with Crippen LogP contribution in [0.15, 0.2) is 22.7 Å². The lowest BCUT2D eigenvalue weighted by atomic mass is 10.1. The second-order valence-electron chi connectivity index (χ2n) is 4.18. The zero-order valence-corrected chi connectivity index (χ0v) is 12.2. The fourth-order valence-electron chi connectivity index (χ4n) is 1.80. The lowest BCUT2D eigenvalue weighted by Crippen LogP contribution is -2.18. The fraction of sp³-hybridized carbons (Fsp3) is 0.167. The molecule has 1 heterocycles. The first-order chi connectivity index (χ1) is 10.4. The molecule has 0 atom stereocenters. The molecule has 0 bridgehead atoms.